The molecule has 2 aromatic heterocycles. The molecule has 0 unspecified atom stereocenters. The molecule has 3 heterocycles. The van der Waals surface area contributed by atoms with E-state index in [4.69, 9.17) is 14.6 Å². The molecule has 1 fully saturated rings. The minimum absolute atomic E-state index is 0.916. The number of nitrogens with zero attached hydrogens (tertiary/aromatic N) is 5. The van der Waals surface area contributed by atoms with Crippen molar-refractivity contribution in [3.05, 3.63) is 54.6 Å². The van der Waals surface area contributed by atoms with E-state index >= 15 is 0 Å². The fourth-order valence-corrected chi connectivity index (χ4v) is 3.26. The number of hydrogen-bond donors (Lipinski definition) is 1. The molecule has 1 aromatic carbocycles. The van der Waals surface area contributed by atoms with Crippen molar-refractivity contribution >= 4 is 17.4 Å². The van der Waals surface area contributed by atoms with Crippen molar-refractivity contribution in [1.82, 2.24) is 19.3 Å². The Kier molecular flexibility index (Phi) is 6.95. The number of para-hydroxylation sites is 1. The van der Waals surface area contributed by atoms with Crippen LogP contribution >= 0.6 is 0 Å². The van der Waals surface area contributed by atoms with E-state index < -0.39 is 12.1 Å². The molecular weight excluding hydrogens is 415 g/mol. The number of fused-ring (bicyclic) bond motifs is 1. The number of aliphatic carboxylic acids is 1. The molecule has 0 radical (unpaired) electrons. The number of piperazine rings is 1. The lowest BCUT2D eigenvalue weighted by atomic mass is 10.1. The van der Waals surface area contributed by atoms with Crippen LogP contribution in [0.1, 0.15) is 5.56 Å². The number of ether oxygens (including phenoxy) is 1. The van der Waals surface area contributed by atoms with Gasteiger partial charge < -0.3 is 19.1 Å². The number of halogens is 3. The Balaban J connectivity index is 0.000000339. The third-order valence-corrected chi connectivity index (χ3v) is 4.79. The van der Waals surface area contributed by atoms with Crippen molar-refractivity contribution in [1.29, 1.82) is 0 Å². The summed E-state index contributed by atoms with van der Waals surface area (Å²) in [5, 5.41) is 7.12. The Labute approximate surface area is 176 Å². The van der Waals surface area contributed by atoms with Gasteiger partial charge in [-0.3, -0.25) is 4.90 Å². The monoisotopic (exact) mass is 437 g/mol. The van der Waals surface area contributed by atoms with E-state index in [1.54, 1.807) is 7.11 Å². The first-order valence-corrected chi connectivity index (χ1v) is 9.46. The molecule has 31 heavy (non-hydrogen) atoms. The van der Waals surface area contributed by atoms with Crippen LogP contribution in [0.25, 0.3) is 5.65 Å². The summed E-state index contributed by atoms with van der Waals surface area (Å²) in [4.78, 5) is 22.6. The van der Waals surface area contributed by atoms with Crippen LogP contribution in [-0.4, -0.2) is 69.8 Å². The number of aromatic nitrogens is 3. The predicted molar refractivity (Wildman–Crippen MR) is 107 cm³/mol. The molecule has 4 rings (SSSR count). The lowest BCUT2D eigenvalue weighted by molar-refractivity contribution is -0.192. The summed E-state index contributed by atoms with van der Waals surface area (Å²) in [5.74, 6) is -0.823. The van der Waals surface area contributed by atoms with E-state index in [0.717, 1.165) is 49.9 Å². The van der Waals surface area contributed by atoms with Crippen molar-refractivity contribution in [2.75, 3.05) is 38.2 Å². The Morgan fingerprint density at radius 2 is 1.71 bits per heavy atom. The number of carboxylic acids is 1. The van der Waals surface area contributed by atoms with Crippen LogP contribution in [0.5, 0.6) is 5.75 Å². The van der Waals surface area contributed by atoms with Crippen LogP contribution in [0.3, 0.4) is 0 Å². The smallest absolute Gasteiger partial charge is 0.490 e. The molecule has 0 saturated carbocycles. The third kappa shape index (κ3) is 5.63. The number of rotatable bonds is 4. The summed E-state index contributed by atoms with van der Waals surface area (Å²) in [6.45, 7) is 4.82. The zero-order valence-electron chi connectivity index (χ0n) is 16.8. The van der Waals surface area contributed by atoms with Crippen molar-refractivity contribution in [2.24, 2.45) is 0 Å². The normalized spacial score (nSPS) is 14.8. The average Bonchev–Trinajstić information content (AvgIpc) is 3.23. The van der Waals surface area contributed by atoms with Gasteiger partial charge in [-0.1, -0.05) is 18.2 Å². The van der Waals surface area contributed by atoms with Crippen molar-refractivity contribution in [2.45, 2.75) is 12.7 Å². The maximum Gasteiger partial charge on any atom is 0.490 e. The number of hydrogen-bond acceptors (Lipinski definition) is 6. The highest BCUT2D eigenvalue weighted by Crippen LogP contribution is 2.22. The fraction of sp³-hybridized carbons (Fsp3) is 0.350. The molecule has 0 aliphatic carbocycles. The maximum atomic E-state index is 10.6. The molecule has 1 aliphatic heterocycles. The van der Waals surface area contributed by atoms with Crippen molar-refractivity contribution < 1.29 is 27.8 Å². The van der Waals surface area contributed by atoms with Crippen LogP contribution < -0.4 is 9.64 Å². The average molecular weight is 437 g/mol. The lowest BCUT2D eigenvalue weighted by Gasteiger charge is -2.35. The molecule has 1 N–H and O–H groups in total. The number of carbonyl (C=O) groups is 1. The van der Waals surface area contributed by atoms with Gasteiger partial charge in [-0.05, 0) is 6.07 Å². The van der Waals surface area contributed by atoms with Gasteiger partial charge in [0, 0.05) is 63.1 Å². The summed E-state index contributed by atoms with van der Waals surface area (Å²) in [6.07, 6.45) is 2.46. The molecule has 0 atom stereocenters. The molecule has 1 aliphatic rings. The number of alkyl halides is 3. The second kappa shape index (κ2) is 9.65. The summed E-state index contributed by atoms with van der Waals surface area (Å²) >= 11 is 0. The van der Waals surface area contributed by atoms with Gasteiger partial charge in [-0.25, -0.2) is 14.8 Å². The quantitative estimate of drug-likeness (QED) is 0.672. The van der Waals surface area contributed by atoms with E-state index in [2.05, 4.69) is 31.9 Å². The first-order valence-electron chi connectivity index (χ1n) is 9.46. The third-order valence-electron chi connectivity index (χ3n) is 4.79. The van der Waals surface area contributed by atoms with Crippen LogP contribution in [0.4, 0.5) is 19.0 Å². The molecule has 0 bridgehead atoms. The molecule has 11 heteroatoms. The number of anilines is 1. The number of imidazole rings is 1. The first-order chi connectivity index (χ1) is 14.8. The van der Waals surface area contributed by atoms with Crippen LogP contribution in [0.15, 0.2) is 49.1 Å². The molecule has 8 nitrogen and oxygen atoms in total. The molecule has 3 aromatic rings. The number of carboxylic acid groups (broad SMARTS) is 1. The van der Waals surface area contributed by atoms with Gasteiger partial charge in [-0.15, -0.1) is 0 Å². The number of benzene rings is 1. The zero-order valence-corrected chi connectivity index (χ0v) is 16.8. The highest BCUT2D eigenvalue weighted by atomic mass is 19.4. The van der Waals surface area contributed by atoms with Gasteiger partial charge in [0.05, 0.1) is 7.11 Å². The van der Waals surface area contributed by atoms with Gasteiger partial charge in [-0.2, -0.15) is 13.2 Å². The molecule has 166 valence electrons. The first kappa shape index (κ1) is 22.3. The molecule has 0 amide bonds. The second-order valence-corrected chi connectivity index (χ2v) is 6.79. The van der Waals surface area contributed by atoms with Gasteiger partial charge in [0.15, 0.2) is 11.5 Å². The van der Waals surface area contributed by atoms with Gasteiger partial charge in [0.25, 0.3) is 0 Å². The minimum Gasteiger partial charge on any atom is -0.496 e. The van der Waals surface area contributed by atoms with Crippen LogP contribution in [-0.2, 0) is 11.3 Å². The summed E-state index contributed by atoms with van der Waals surface area (Å²) < 4.78 is 39.2. The van der Waals surface area contributed by atoms with Gasteiger partial charge in [0.1, 0.15) is 5.75 Å². The minimum atomic E-state index is -5.08. The summed E-state index contributed by atoms with van der Waals surface area (Å²) in [5.41, 5.74) is 2.16. The van der Waals surface area contributed by atoms with Crippen molar-refractivity contribution in [3.63, 3.8) is 0 Å². The van der Waals surface area contributed by atoms with Crippen LogP contribution in [0, 0.1) is 0 Å². The Morgan fingerprint density at radius 3 is 2.32 bits per heavy atom. The number of methoxy groups -OCH3 is 1. The van der Waals surface area contributed by atoms with E-state index in [0.29, 0.717) is 0 Å². The largest absolute Gasteiger partial charge is 0.496 e. The van der Waals surface area contributed by atoms with Crippen molar-refractivity contribution in [3.8, 4) is 5.75 Å². The highest BCUT2D eigenvalue weighted by molar-refractivity contribution is 5.73. The van der Waals surface area contributed by atoms with E-state index in [-0.39, 0.29) is 0 Å². The lowest BCUT2D eigenvalue weighted by Crippen LogP contribution is -2.46. The van der Waals surface area contributed by atoms with E-state index in [9.17, 15) is 13.2 Å². The highest BCUT2D eigenvalue weighted by Gasteiger charge is 2.38. The topological polar surface area (TPSA) is 83.2 Å². The summed E-state index contributed by atoms with van der Waals surface area (Å²) in [6, 6.07) is 8.24. The van der Waals surface area contributed by atoms with Crippen LogP contribution in [0.2, 0.25) is 0 Å². The van der Waals surface area contributed by atoms with Gasteiger partial charge >= 0.3 is 12.1 Å². The Morgan fingerprint density at radius 1 is 1.10 bits per heavy atom. The van der Waals surface area contributed by atoms with E-state index in [1.807, 2.05) is 41.3 Å². The SMILES string of the molecule is COc1ccccc1CN1CCN(c2nccn3ccnc23)CC1.O=C(O)C(F)(F)F. The predicted octanol–water partition coefficient (Wildman–Crippen LogP) is 2.69. The zero-order chi connectivity index (χ0) is 22.4. The molecule has 0 spiro atoms. The summed E-state index contributed by atoms with van der Waals surface area (Å²) in [7, 11) is 1.73. The molecule has 1 saturated heterocycles. The Hall–Kier alpha value is -3.34. The molecular formula is C20H22F3N5O3. The Bertz CT molecular complexity index is 1020. The van der Waals surface area contributed by atoms with Gasteiger partial charge in [0.2, 0.25) is 0 Å². The fourth-order valence-electron chi connectivity index (χ4n) is 3.26. The maximum absolute atomic E-state index is 10.6. The van der Waals surface area contributed by atoms with E-state index in [1.165, 1.54) is 5.56 Å². The second-order valence-electron chi connectivity index (χ2n) is 6.79. The standard InChI is InChI=1S/C18H21N5O.C2HF3O2/c1-24-16-5-3-2-4-15(16)14-21-10-12-23(13-11-21)18-17-19-6-8-22(17)9-7-20-18;3-2(4,5)1(6)7/h2-9H,10-14H2,1H3;(H,6,7).